The van der Waals surface area contributed by atoms with E-state index in [2.05, 4.69) is 20.5 Å². The molecule has 2 heterocycles. The van der Waals surface area contributed by atoms with E-state index < -0.39 is 46.4 Å². The summed E-state index contributed by atoms with van der Waals surface area (Å²) in [6.07, 6.45) is 1.27. The van der Waals surface area contributed by atoms with Gasteiger partial charge >= 0.3 is 0 Å². The number of nitriles is 1. The second-order valence-corrected chi connectivity index (χ2v) is 7.93. The first kappa shape index (κ1) is 30.2. The SMILES string of the molecule is CC.CC(C)CON.Cc1ccc(NC(=O)C2=C(O)CC(c3cc(F)c(C#N)c(F)c3)NC2=O)nc1. The van der Waals surface area contributed by atoms with E-state index >= 15 is 0 Å². The van der Waals surface area contributed by atoms with Gasteiger partial charge in [-0.2, -0.15) is 5.26 Å². The minimum Gasteiger partial charge on any atom is -0.511 e. The lowest BCUT2D eigenvalue weighted by Crippen LogP contribution is -2.39. The minimum absolute atomic E-state index is 0.0218. The number of aliphatic hydroxyl groups excluding tert-OH is 1. The smallest absolute Gasteiger partial charge is 0.265 e. The van der Waals surface area contributed by atoms with E-state index in [-0.39, 0.29) is 17.8 Å². The molecule has 5 N–H and O–H groups in total. The predicted molar refractivity (Wildman–Crippen MR) is 130 cm³/mol. The first-order chi connectivity index (χ1) is 17.1. The van der Waals surface area contributed by atoms with Gasteiger partial charge in [0.15, 0.2) is 0 Å². The number of benzene rings is 1. The van der Waals surface area contributed by atoms with Crippen LogP contribution in [0.3, 0.4) is 0 Å². The van der Waals surface area contributed by atoms with Crippen molar-refractivity contribution >= 4 is 17.6 Å². The molecule has 2 aromatic rings. The van der Waals surface area contributed by atoms with Crippen LogP contribution in [0.1, 0.15) is 56.8 Å². The number of rotatable bonds is 5. The monoisotopic (exact) mass is 503 g/mol. The first-order valence-corrected chi connectivity index (χ1v) is 11.2. The Bertz CT molecular complexity index is 1110. The Morgan fingerprint density at radius 2 is 1.94 bits per heavy atom. The van der Waals surface area contributed by atoms with E-state index in [1.807, 2.05) is 34.6 Å². The van der Waals surface area contributed by atoms with Gasteiger partial charge in [0.2, 0.25) is 0 Å². The molecule has 1 aromatic heterocycles. The standard InChI is InChI=1S/C19H14F2N4O3.C4H11NO.C2H6/c1-9-2-3-16(23-8-9)25-19(28)17-15(26)6-14(24-18(17)27)10-4-12(20)11(7-22)13(21)5-10;1-4(2)3-6-5;1-2/h2-5,8,14,26H,6H2,1H3,(H,24,27)(H,23,25,28);4H,3,5H2,1-2H3;1-2H3. The molecule has 2 amide bonds. The van der Waals surface area contributed by atoms with Gasteiger partial charge in [-0.3, -0.25) is 9.59 Å². The molecular weight excluding hydrogens is 472 g/mol. The summed E-state index contributed by atoms with van der Waals surface area (Å²) in [6.45, 7) is 10.6. The van der Waals surface area contributed by atoms with Crippen molar-refractivity contribution in [1.29, 1.82) is 5.26 Å². The van der Waals surface area contributed by atoms with Crippen molar-refractivity contribution in [3.8, 4) is 6.07 Å². The molecule has 1 unspecified atom stereocenters. The van der Waals surface area contributed by atoms with Gasteiger partial charge in [-0.05, 0) is 42.2 Å². The van der Waals surface area contributed by atoms with Crippen LogP contribution in [0.4, 0.5) is 14.6 Å². The maximum Gasteiger partial charge on any atom is 0.265 e. The fourth-order valence-electron chi connectivity index (χ4n) is 2.96. The summed E-state index contributed by atoms with van der Waals surface area (Å²) in [7, 11) is 0. The largest absolute Gasteiger partial charge is 0.511 e. The van der Waals surface area contributed by atoms with Crippen LogP contribution in [-0.2, 0) is 14.4 Å². The van der Waals surface area contributed by atoms with Crippen LogP contribution in [-0.4, -0.2) is 28.5 Å². The maximum absolute atomic E-state index is 13.8. The van der Waals surface area contributed by atoms with Crippen molar-refractivity contribution in [2.24, 2.45) is 11.8 Å². The number of aromatic nitrogens is 1. The Morgan fingerprint density at radius 3 is 2.36 bits per heavy atom. The molecule has 0 radical (unpaired) electrons. The molecule has 0 bridgehead atoms. The molecule has 1 atom stereocenters. The van der Waals surface area contributed by atoms with Crippen LogP contribution >= 0.6 is 0 Å². The van der Waals surface area contributed by atoms with Crippen molar-refractivity contribution in [2.75, 3.05) is 11.9 Å². The van der Waals surface area contributed by atoms with Crippen LogP contribution in [0.2, 0.25) is 0 Å². The highest BCUT2D eigenvalue weighted by Crippen LogP contribution is 2.29. The predicted octanol–water partition coefficient (Wildman–Crippen LogP) is 4.11. The lowest BCUT2D eigenvalue weighted by atomic mass is 9.95. The summed E-state index contributed by atoms with van der Waals surface area (Å²) >= 11 is 0. The van der Waals surface area contributed by atoms with Gasteiger partial charge in [0.25, 0.3) is 11.8 Å². The molecule has 11 heteroatoms. The summed E-state index contributed by atoms with van der Waals surface area (Å²) in [5.41, 5.74) is -0.349. The number of nitrogens with zero attached hydrogens (tertiary/aromatic N) is 2. The molecule has 9 nitrogen and oxygen atoms in total. The van der Waals surface area contributed by atoms with Crippen LogP contribution in [0.25, 0.3) is 0 Å². The first-order valence-electron chi connectivity index (χ1n) is 11.2. The number of nitrogens with two attached hydrogens (primary N) is 1. The molecule has 0 spiro atoms. The van der Waals surface area contributed by atoms with Crippen molar-refractivity contribution in [3.63, 3.8) is 0 Å². The van der Waals surface area contributed by atoms with Crippen LogP contribution in [0, 0.1) is 35.8 Å². The topological polar surface area (TPSA) is 150 Å². The van der Waals surface area contributed by atoms with Gasteiger partial charge < -0.3 is 20.6 Å². The van der Waals surface area contributed by atoms with Gasteiger partial charge in [-0.1, -0.05) is 33.8 Å². The fraction of sp³-hybridized carbons (Fsp3) is 0.360. The minimum atomic E-state index is -1.08. The number of pyridine rings is 1. The van der Waals surface area contributed by atoms with Crippen molar-refractivity contribution in [2.45, 2.75) is 47.1 Å². The third-order valence-corrected chi connectivity index (χ3v) is 4.61. The molecule has 0 aliphatic carbocycles. The summed E-state index contributed by atoms with van der Waals surface area (Å²) < 4.78 is 27.6. The van der Waals surface area contributed by atoms with E-state index in [0.717, 1.165) is 17.7 Å². The molecule has 0 saturated heterocycles. The van der Waals surface area contributed by atoms with Crippen LogP contribution < -0.4 is 16.5 Å². The molecule has 194 valence electrons. The highest BCUT2D eigenvalue weighted by Gasteiger charge is 2.33. The number of nitrogens with one attached hydrogen (secondary N) is 2. The van der Waals surface area contributed by atoms with Crippen molar-refractivity contribution in [3.05, 3.63) is 70.1 Å². The van der Waals surface area contributed by atoms with Crippen molar-refractivity contribution < 1.29 is 28.3 Å². The fourth-order valence-corrected chi connectivity index (χ4v) is 2.96. The van der Waals surface area contributed by atoms with E-state index in [4.69, 9.17) is 11.2 Å². The van der Waals surface area contributed by atoms with Crippen molar-refractivity contribution in [1.82, 2.24) is 10.3 Å². The van der Waals surface area contributed by atoms with E-state index in [0.29, 0.717) is 12.5 Å². The molecule has 1 aromatic carbocycles. The maximum atomic E-state index is 13.8. The van der Waals surface area contributed by atoms with E-state index in [1.165, 1.54) is 18.3 Å². The quantitative estimate of drug-likeness (QED) is 0.354. The molecule has 0 fully saturated rings. The van der Waals surface area contributed by atoms with Gasteiger partial charge in [-0.15, -0.1) is 0 Å². The zero-order valence-corrected chi connectivity index (χ0v) is 20.9. The third kappa shape index (κ3) is 8.41. The normalized spacial score (nSPS) is 14.6. The number of carbonyl (C=O) groups excluding carboxylic acids is 2. The zero-order valence-electron chi connectivity index (χ0n) is 20.9. The molecule has 1 aliphatic rings. The molecule has 3 rings (SSSR count). The molecule has 36 heavy (non-hydrogen) atoms. The number of hydrogen-bond acceptors (Lipinski definition) is 7. The van der Waals surface area contributed by atoms with Gasteiger partial charge in [0.05, 0.1) is 12.6 Å². The second kappa shape index (κ2) is 14.5. The number of halogens is 2. The Kier molecular flexibility index (Phi) is 12.1. The summed E-state index contributed by atoms with van der Waals surface area (Å²) in [5.74, 6) is 1.03. The zero-order chi connectivity index (χ0) is 27.4. The highest BCUT2D eigenvalue weighted by molar-refractivity contribution is 6.23. The number of carbonyl (C=O) groups is 2. The number of anilines is 1. The number of aryl methyl sites for hydroxylation is 1. The number of amides is 2. The third-order valence-electron chi connectivity index (χ3n) is 4.61. The Morgan fingerprint density at radius 1 is 1.33 bits per heavy atom. The lowest BCUT2D eigenvalue weighted by molar-refractivity contribution is -0.123. The Balaban J connectivity index is 0.000000710. The van der Waals surface area contributed by atoms with E-state index in [1.54, 1.807) is 6.07 Å². The Labute approximate surface area is 208 Å². The second-order valence-electron chi connectivity index (χ2n) is 7.93. The van der Waals surface area contributed by atoms with E-state index in [9.17, 15) is 23.5 Å². The average Bonchev–Trinajstić information content (AvgIpc) is 2.81. The lowest BCUT2D eigenvalue weighted by Gasteiger charge is -2.25. The van der Waals surface area contributed by atoms with Crippen LogP contribution in [0.15, 0.2) is 41.8 Å². The average molecular weight is 504 g/mol. The number of aliphatic hydroxyl groups is 1. The highest BCUT2D eigenvalue weighted by atomic mass is 19.1. The summed E-state index contributed by atoms with van der Waals surface area (Å²) in [4.78, 5) is 32.9. The molecule has 1 aliphatic heterocycles. The summed E-state index contributed by atoms with van der Waals surface area (Å²) in [6, 6.07) is 5.50. The molecule has 0 saturated carbocycles. The van der Waals surface area contributed by atoms with Crippen LogP contribution in [0.5, 0.6) is 0 Å². The van der Waals surface area contributed by atoms with Gasteiger partial charge in [0.1, 0.15) is 40.4 Å². The van der Waals surface area contributed by atoms with Gasteiger partial charge in [-0.25, -0.2) is 19.7 Å². The summed E-state index contributed by atoms with van der Waals surface area (Å²) in [5, 5.41) is 23.8. The Hall–Kier alpha value is -3.88. The van der Waals surface area contributed by atoms with Gasteiger partial charge in [0, 0.05) is 12.6 Å². The number of hydrogen-bond donors (Lipinski definition) is 4. The molecular formula is C25H31F2N5O4.